The highest BCUT2D eigenvalue weighted by molar-refractivity contribution is 5.48. The van der Waals surface area contributed by atoms with Crippen LogP contribution in [0.5, 0.6) is 0 Å². The van der Waals surface area contributed by atoms with Crippen molar-refractivity contribution in [3.63, 3.8) is 0 Å². The van der Waals surface area contributed by atoms with Crippen molar-refractivity contribution in [1.82, 2.24) is 0 Å². The predicted molar refractivity (Wildman–Crippen MR) is 77.6 cm³/mol. The number of hydrogen-bond donors (Lipinski definition) is 1. The van der Waals surface area contributed by atoms with Crippen molar-refractivity contribution in [3.05, 3.63) is 29.8 Å². The Balaban J connectivity index is 2.84. The van der Waals surface area contributed by atoms with Crippen LogP contribution in [0.4, 0.5) is 5.69 Å². The Hall–Kier alpha value is -1.61. The van der Waals surface area contributed by atoms with E-state index in [0.717, 1.165) is 24.3 Å². The van der Waals surface area contributed by atoms with Crippen molar-refractivity contribution in [3.8, 4) is 6.07 Å². The Bertz CT molecular complexity index is 428. The molecular formula is C15H22N2O3. The van der Waals surface area contributed by atoms with Gasteiger partial charge in [0, 0.05) is 33.0 Å². The first-order valence-electron chi connectivity index (χ1n) is 6.62. The molecule has 0 radical (unpaired) electrons. The van der Waals surface area contributed by atoms with E-state index in [1.54, 1.807) is 13.2 Å². The van der Waals surface area contributed by atoms with Crippen LogP contribution >= 0.6 is 0 Å². The number of ether oxygens (including phenoxy) is 2. The number of methoxy groups -OCH3 is 2. The fourth-order valence-electron chi connectivity index (χ4n) is 2.06. The van der Waals surface area contributed by atoms with E-state index < -0.39 is 12.2 Å². The minimum absolute atomic E-state index is 0.622. The largest absolute Gasteiger partial charge is 0.383 e. The Labute approximate surface area is 120 Å². The van der Waals surface area contributed by atoms with Gasteiger partial charge in [-0.3, -0.25) is 0 Å². The van der Waals surface area contributed by atoms with E-state index in [-0.39, 0.29) is 0 Å². The highest BCUT2D eigenvalue weighted by atomic mass is 16.5. The quantitative estimate of drug-likeness (QED) is 0.734. The van der Waals surface area contributed by atoms with E-state index in [2.05, 4.69) is 11.8 Å². The van der Waals surface area contributed by atoms with Gasteiger partial charge in [-0.25, -0.2) is 0 Å². The maximum atomic E-state index is 9.60. The zero-order valence-corrected chi connectivity index (χ0v) is 12.2. The number of benzene rings is 1. The summed E-state index contributed by atoms with van der Waals surface area (Å²) >= 11 is 0. The molecule has 2 atom stereocenters. The van der Waals surface area contributed by atoms with Gasteiger partial charge in [0.05, 0.1) is 12.7 Å². The molecule has 0 aliphatic carbocycles. The van der Waals surface area contributed by atoms with Crippen LogP contribution in [0.2, 0.25) is 0 Å². The summed E-state index contributed by atoms with van der Waals surface area (Å²) in [6.07, 6.45) is -1.79. The van der Waals surface area contributed by atoms with Gasteiger partial charge >= 0.3 is 0 Å². The van der Waals surface area contributed by atoms with Gasteiger partial charge in [-0.15, -0.1) is 0 Å². The molecule has 2 unspecified atom stereocenters. The summed E-state index contributed by atoms with van der Waals surface area (Å²) in [5, 5.41) is 18.4. The summed E-state index contributed by atoms with van der Waals surface area (Å²) in [6, 6.07) is 9.47. The second kappa shape index (κ2) is 8.54. The second-order valence-electron chi connectivity index (χ2n) is 4.39. The molecule has 0 amide bonds. The van der Waals surface area contributed by atoms with Crippen LogP contribution in [-0.2, 0) is 9.47 Å². The van der Waals surface area contributed by atoms with E-state index in [1.807, 2.05) is 24.3 Å². The average Bonchev–Trinajstić information content (AvgIpc) is 2.49. The predicted octanol–water partition coefficient (Wildman–Crippen LogP) is 1.73. The molecule has 0 heterocycles. The number of rotatable bonds is 8. The molecule has 5 heteroatoms. The summed E-state index contributed by atoms with van der Waals surface area (Å²) < 4.78 is 10.3. The summed E-state index contributed by atoms with van der Waals surface area (Å²) in [4.78, 5) is 2.19. The van der Waals surface area contributed by atoms with Crippen LogP contribution in [0.1, 0.15) is 18.6 Å². The van der Waals surface area contributed by atoms with E-state index in [9.17, 15) is 5.11 Å². The van der Waals surface area contributed by atoms with Gasteiger partial charge in [-0.05, 0) is 24.6 Å². The molecule has 1 aromatic carbocycles. The molecule has 0 aliphatic heterocycles. The molecule has 1 rings (SSSR count). The van der Waals surface area contributed by atoms with E-state index in [0.29, 0.717) is 6.61 Å². The van der Waals surface area contributed by atoms with Crippen molar-refractivity contribution in [2.45, 2.75) is 19.1 Å². The lowest BCUT2D eigenvalue weighted by atomic mass is 10.0. The Morgan fingerprint density at radius 3 is 2.40 bits per heavy atom. The number of aliphatic hydroxyl groups excluding tert-OH is 1. The number of nitriles is 1. The first-order valence-corrected chi connectivity index (χ1v) is 6.62. The van der Waals surface area contributed by atoms with Crippen LogP contribution in [0.3, 0.4) is 0 Å². The first kappa shape index (κ1) is 16.4. The zero-order valence-electron chi connectivity index (χ0n) is 12.2. The van der Waals surface area contributed by atoms with Crippen molar-refractivity contribution >= 4 is 5.69 Å². The molecule has 110 valence electrons. The van der Waals surface area contributed by atoms with Gasteiger partial charge in [0.2, 0.25) is 0 Å². The molecule has 0 aliphatic rings. The second-order valence-corrected chi connectivity index (χ2v) is 4.39. The first-order chi connectivity index (χ1) is 9.67. The number of hydrogen-bond acceptors (Lipinski definition) is 5. The average molecular weight is 278 g/mol. The van der Waals surface area contributed by atoms with Gasteiger partial charge < -0.3 is 19.5 Å². The lowest BCUT2D eigenvalue weighted by Crippen LogP contribution is -2.26. The minimum Gasteiger partial charge on any atom is -0.383 e. The number of anilines is 1. The van der Waals surface area contributed by atoms with Crippen LogP contribution in [0, 0.1) is 11.3 Å². The molecule has 1 N–H and O–H groups in total. The van der Waals surface area contributed by atoms with Gasteiger partial charge in [0.15, 0.2) is 6.10 Å². The van der Waals surface area contributed by atoms with Crippen LogP contribution in [-0.4, -0.2) is 45.1 Å². The molecule has 20 heavy (non-hydrogen) atoms. The van der Waals surface area contributed by atoms with Crippen molar-refractivity contribution in [2.24, 2.45) is 0 Å². The van der Waals surface area contributed by atoms with Crippen molar-refractivity contribution in [2.75, 3.05) is 38.8 Å². The van der Waals surface area contributed by atoms with Gasteiger partial charge in [0.25, 0.3) is 0 Å². The summed E-state index contributed by atoms with van der Waals surface area (Å²) in [7, 11) is 3.17. The Morgan fingerprint density at radius 1 is 1.30 bits per heavy atom. The fraction of sp³-hybridized carbons (Fsp3) is 0.533. The Morgan fingerprint density at radius 2 is 1.95 bits per heavy atom. The third-order valence-corrected chi connectivity index (χ3v) is 3.21. The van der Waals surface area contributed by atoms with Gasteiger partial charge in [0.1, 0.15) is 6.10 Å². The summed E-state index contributed by atoms with van der Waals surface area (Å²) in [6.45, 7) is 4.46. The van der Waals surface area contributed by atoms with Gasteiger partial charge in [-0.2, -0.15) is 5.26 Å². The molecule has 0 fully saturated rings. The topological polar surface area (TPSA) is 65.7 Å². The fourth-order valence-corrected chi connectivity index (χ4v) is 2.06. The molecule has 0 aromatic heterocycles. The highest BCUT2D eigenvalue weighted by Gasteiger charge is 2.20. The summed E-state index contributed by atoms with van der Waals surface area (Å²) in [5.74, 6) is 0. The smallest absolute Gasteiger partial charge is 0.170 e. The Kier molecular flexibility index (Phi) is 7.02. The molecule has 0 saturated carbocycles. The van der Waals surface area contributed by atoms with Crippen LogP contribution < -0.4 is 4.90 Å². The third-order valence-electron chi connectivity index (χ3n) is 3.21. The maximum absolute atomic E-state index is 9.60. The molecule has 0 spiro atoms. The minimum atomic E-state index is -1.17. The van der Waals surface area contributed by atoms with E-state index in [4.69, 9.17) is 14.7 Å². The van der Waals surface area contributed by atoms with Crippen molar-refractivity contribution < 1.29 is 14.6 Å². The standard InChI is InChI=1S/C15H22N2O3/c1-4-17(9-10-19-2)13-7-5-12(6-8-13)15(20-3)14(18)11-16/h5-8,14-15,18H,4,9-10H2,1-3H3. The van der Waals surface area contributed by atoms with Crippen molar-refractivity contribution in [1.29, 1.82) is 5.26 Å². The molecule has 1 aromatic rings. The lowest BCUT2D eigenvalue weighted by Gasteiger charge is -2.24. The number of nitrogens with zero attached hydrogens (tertiary/aromatic N) is 2. The maximum Gasteiger partial charge on any atom is 0.170 e. The van der Waals surface area contributed by atoms with Crippen LogP contribution in [0.15, 0.2) is 24.3 Å². The monoisotopic (exact) mass is 278 g/mol. The lowest BCUT2D eigenvalue weighted by molar-refractivity contribution is 0.0145. The number of likely N-dealkylation sites (N-methyl/N-ethyl adjacent to an activating group) is 1. The molecule has 5 nitrogen and oxygen atoms in total. The van der Waals surface area contributed by atoms with Gasteiger partial charge in [-0.1, -0.05) is 12.1 Å². The zero-order chi connectivity index (χ0) is 15.0. The molecule has 0 saturated heterocycles. The van der Waals surface area contributed by atoms with E-state index >= 15 is 0 Å². The number of aliphatic hydroxyl groups is 1. The highest BCUT2D eigenvalue weighted by Crippen LogP contribution is 2.23. The third kappa shape index (κ3) is 4.20. The van der Waals surface area contributed by atoms with E-state index in [1.165, 1.54) is 7.11 Å². The normalized spacial score (nSPS) is 13.6. The SMILES string of the molecule is CCN(CCOC)c1ccc(C(OC)C(O)C#N)cc1. The van der Waals surface area contributed by atoms with Crippen LogP contribution in [0.25, 0.3) is 0 Å². The molecular weight excluding hydrogens is 256 g/mol. The summed E-state index contributed by atoms with van der Waals surface area (Å²) in [5.41, 5.74) is 1.86. The molecule has 0 bridgehead atoms.